The van der Waals surface area contributed by atoms with Gasteiger partial charge in [0, 0.05) is 16.8 Å². The maximum atomic E-state index is 12.6. The van der Waals surface area contributed by atoms with Crippen LogP contribution >= 0.6 is 27.7 Å². The van der Waals surface area contributed by atoms with Crippen molar-refractivity contribution >= 4 is 38.9 Å². The first-order chi connectivity index (χ1) is 13.9. The van der Waals surface area contributed by atoms with E-state index in [-0.39, 0.29) is 0 Å². The number of nitrogens with zero attached hydrogens (tertiary/aromatic N) is 3. The lowest BCUT2D eigenvalue weighted by Gasteiger charge is -2.13. The standard InChI is InChI=1S/C21H27BrN4O2S/c1-4-5-6-7-9-14(2)29-21-23-18-17(19(27)24-20(28)25(18)3)26(21)13-15-10-8-11-16(22)12-15/h8,10-12,14H,4-7,9,13H2,1-3H3,(H,24,27,28). The quantitative estimate of drug-likeness (QED) is 0.357. The van der Waals surface area contributed by atoms with Crippen LogP contribution in [0, 0.1) is 0 Å². The van der Waals surface area contributed by atoms with E-state index in [1.165, 1.54) is 30.3 Å². The number of imidazole rings is 1. The molecule has 3 rings (SSSR count). The number of aromatic nitrogens is 4. The Morgan fingerprint density at radius 2 is 2.03 bits per heavy atom. The predicted molar refractivity (Wildman–Crippen MR) is 123 cm³/mol. The largest absolute Gasteiger partial charge is 0.329 e. The molecule has 0 saturated heterocycles. The molecule has 0 fully saturated rings. The second-order valence-corrected chi connectivity index (χ2v) is 9.70. The molecule has 8 heteroatoms. The van der Waals surface area contributed by atoms with E-state index >= 15 is 0 Å². The number of benzene rings is 1. The van der Waals surface area contributed by atoms with Crippen molar-refractivity contribution in [3.8, 4) is 0 Å². The molecule has 3 aromatic rings. The van der Waals surface area contributed by atoms with Crippen molar-refractivity contribution in [3.05, 3.63) is 55.1 Å². The summed E-state index contributed by atoms with van der Waals surface area (Å²) < 4.78 is 4.33. The minimum absolute atomic E-state index is 0.376. The zero-order valence-electron chi connectivity index (χ0n) is 17.1. The monoisotopic (exact) mass is 478 g/mol. The van der Waals surface area contributed by atoms with Gasteiger partial charge in [-0.3, -0.25) is 14.3 Å². The molecule has 2 aromatic heterocycles. The average molecular weight is 479 g/mol. The van der Waals surface area contributed by atoms with E-state index in [0.29, 0.717) is 23.0 Å². The van der Waals surface area contributed by atoms with E-state index in [2.05, 4.69) is 34.8 Å². The van der Waals surface area contributed by atoms with E-state index in [0.717, 1.165) is 21.6 Å². The summed E-state index contributed by atoms with van der Waals surface area (Å²) in [5.41, 5.74) is 1.08. The van der Waals surface area contributed by atoms with Crippen molar-refractivity contribution in [2.45, 2.75) is 62.9 Å². The maximum absolute atomic E-state index is 12.6. The van der Waals surface area contributed by atoms with Crippen LogP contribution < -0.4 is 11.2 Å². The fraction of sp³-hybridized carbons (Fsp3) is 0.476. The van der Waals surface area contributed by atoms with E-state index < -0.39 is 11.2 Å². The zero-order valence-corrected chi connectivity index (χ0v) is 19.5. The maximum Gasteiger partial charge on any atom is 0.329 e. The number of aromatic amines is 1. The predicted octanol–water partition coefficient (Wildman–Crippen LogP) is 4.69. The van der Waals surface area contributed by atoms with Gasteiger partial charge < -0.3 is 4.57 Å². The van der Waals surface area contributed by atoms with Crippen molar-refractivity contribution < 1.29 is 0 Å². The molecule has 156 valence electrons. The van der Waals surface area contributed by atoms with Crippen molar-refractivity contribution in [2.24, 2.45) is 7.05 Å². The molecule has 0 saturated carbocycles. The van der Waals surface area contributed by atoms with Gasteiger partial charge in [0.2, 0.25) is 0 Å². The SMILES string of the molecule is CCCCCCC(C)Sc1nc2c(c(=O)[nH]c(=O)n2C)n1Cc1cccc(Br)c1. The second kappa shape index (κ2) is 9.80. The summed E-state index contributed by atoms with van der Waals surface area (Å²) in [4.78, 5) is 31.8. The van der Waals surface area contributed by atoms with E-state index in [1.807, 2.05) is 28.8 Å². The molecule has 0 aliphatic carbocycles. The summed E-state index contributed by atoms with van der Waals surface area (Å²) in [6.45, 7) is 4.93. The molecule has 1 atom stereocenters. The average Bonchev–Trinajstić information content (AvgIpc) is 3.02. The van der Waals surface area contributed by atoms with Crippen molar-refractivity contribution in [3.63, 3.8) is 0 Å². The Bertz CT molecular complexity index is 1100. The van der Waals surface area contributed by atoms with Gasteiger partial charge in [0.15, 0.2) is 16.3 Å². The Morgan fingerprint density at radius 1 is 1.24 bits per heavy atom. The minimum Gasteiger partial charge on any atom is -0.309 e. The van der Waals surface area contributed by atoms with Crippen LogP contribution in [-0.2, 0) is 13.6 Å². The molecule has 0 amide bonds. The number of nitrogens with one attached hydrogen (secondary N) is 1. The molecule has 0 aliphatic rings. The van der Waals surface area contributed by atoms with Gasteiger partial charge in [-0.25, -0.2) is 9.78 Å². The van der Waals surface area contributed by atoms with Crippen LogP contribution in [0.25, 0.3) is 11.2 Å². The van der Waals surface area contributed by atoms with Gasteiger partial charge in [-0.2, -0.15) is 0 Å². The van der Waals surface area contributed by atoms with Crippen LogP contribution in [0.15, 0.2) is 43.5 Å². The number of H-pyrrole nitrogens is 1. The molecule has 2 heterocycles. The number of rotatable bonds is 9. The number of unbranched alkanes of at least 4 members (excludes halogenated alkanes) is 3. The van der Waals surface area contributed by atoms with E-state index in [1.54, 1.807) is 18.8 Å². The Hall–Kier alpha value is -1.80. The summed E-state index contributed by atoms with van der Waals surface area (Å²) in [7, 11) is 1.64. The third-order valence-electron chi connectivity index (χ3n) is 4.97. The third kappa shape index (κ3) is 5.22. The van der Waals surface area contributed by atoms with E-state index in [4.69, 9.17) is 4.98 Å². The Kier molecular flexibility index (Phi) is 7.40. The summed E-state index contributed by atoms with van der Waals surface area (Å²) in [5, 5.41) is 1.15. The Balaban J connectivity index is 1.99. The molecule has 0 bridgehead atoms. The highest BCUT2D eigenvalue weighted by atomic mass is 79.9. The zero-order chi connectivity index (χ0) is 21.0. The fourth-order valence-corrected chi connectivity index (χ4v) is 4.88. The number of hydrogen-bond acceptors (Lipinski definition) is 4. The Morgan fingerprint density at radius 3 is 2.76 bits per heavy atom. The van der Waals surface area contributed by atoms with Gasteiger partial charge in [-0.1, -0.05) is 79.4 Å². The van der Waals surface area contributed by atoms with Crippen LogP contribution in [0.4, 0.5) is 0 Å². The number of thioether (sulfide) groups is 1. The van der Waals surface area contributed by atoms with E-state index in [9.17, 15) is 9.59 Å². The van der Waals surface area contributed by atoms with Gasteiger partial charge in [0.25, 0.3) is 5.56 Å². The van der Waals surface area contributed by atoms with Gasteiger partial charge in [-0.05, 0) is 24.1 Å². The van der Waals surface area contributed by atoms with Crippen molar-refractivity contribution in [2.75, 3.05) is 0 Å². The van der Waals surface area contributed by atoms with Crippen LogP contribution in [0.3, 0.4) is 0 Å². The topological polar surface area (TPSA) is 72.7 Å². The van der Waals surface area contributed by atoms with Crippen LogP contribution in [0.2, 0.25) is 0 Å². The van der Waals surface area contributed by atoms with Crippen LogP contribution in [-0.4, -0.2) is 24.4 Å². The molecule has 0 aliphatic heterocycles. The lowest BCUT2D eigenvalue weighted by Crippen LogP contribution is -2.29. The van der Waals surface area contributed by atoms with Crippen molar-refractivity contribution in [1.29, 1.82) is 0 Å². The molecule has 0 spiro atoms. The first-order valence-corrected chi connectivity index (χ1v) is 11.7. The first kappa shape index (κ1) is 21.9. The van der Waals surface area contributed by atoms with Gasteiger partial charge in [0.1, 0.15) is 0 Å². The highest BCUT2D eigenvalue weighted by Crippen LogP contribution is 2.29. The first-order valence-electron chi connectivity index (χ1n) is 10.0. The molecule has 1 unspecified atom stereocenters. The smallest absolute Gasteiger partial charge is 0.309 e. The number of hydrogen-bond donors (Lipinski definition) is 1. The molecular formula is C21H27BrN4O2S. The van der Waals surface area contributed by atoms with Crippen LogP contribution in [0.1, 0.15) is 51.5 Å². The molecule has 1 aromatic carbocycles. The molecule has 1 N–H and O–H groups in total. The van der Waals surface area contributed by atoms with Gasteiger partial charge in [0.05, 0.1) is 6.54 Å². The lowest BCUT2D eigenvalue weighted by atomic mass is 10.1. The summed E-state index contributed by atoms with van der Waals surface area (Å²) >= 11 is 5.18. The highest BCUT2D eigenvalue weighted by Gasteiger charge is 2.19. The number of fused-ring (bicyclic) bond motifs is 1. The minimum atomic E-state index is -0.446. The van der Waals surface area contributed by atoms with Gasteiger partial charge in [-0.15, -0.1) is 0 Å². The molecule has 29 heavy (non-hydrogen) atoms. The normalized spacial score (nSPS) is 12.6. The van der Waals surface area contributed by atoms with Crippen LogP contribution in [0.5, 0.6) is 0 Å². The number of halogens is 1. The van der Waals surface area contributed by atoms with Crippen molar-refractivity contribution in [1.82, 2.24) is 19.1 Å². The summed E-state index contributed by atoms with van der Waals surface area (Å²) in [5.74, 6) is 0. The van der Waals surface area contributed by atoms with Gasteiger partial charge >= 0.3 is 5.69 Å². The summed E-state index contributed by atoms with van der Waals surface area (Å²) in [6, 6.07) is 8.00. The Labute approximate surface area is 182 Å². The second-order valence-electron chi connectivity index (χ2n) is 7.38. The third-order valence-corrected chi connectivity index (χ3v) is 6.63. The lowest BCUT2D eigenvalue weighted by molar-refractivity contribution is 0.628. The number of aryl methyl sites for hydroxylation is 1. The molecular weight excluding hydrogens is 452 g/mol. The summed E-state index contributed by atoms with van der Waals surface area (Å²) in [6.07, 6.45) is 6.01. The molecule has 6 nitrogen and oxygen atoms in total. The highest BCUT2D eigenvalue weighted by molar-refractivity contribution is 9.10. The fourth-order valence-electron chi connectivity index (χ4n) is 3.37. The molecule has 0 radical (unpaired) electrons.